The van der Waals surface area contributed by atoms with Crippen LogP contribution in [-0.2, 0) is 11.2 Å². The molecule has 1 fully saturated rings. The van der Waals surface area contributed by atoms with Gasteiger partial charge in [-0.15, -0.1) is 0 Å². The van der Waals surface area contributed by atoms with Crippen LogP contribution >= 0.6 is 0 Å². The summed E-state index contributed by atoms with van der Waals surface area (Å²) in [5.74, 6) is 1.92. The lowest BCUT2D eigenvalue weighted by Crippen LogP contribution is -2.19. The fourth-order valence-corrected chi connectivity index (χ4v) is 4.10. The van der Waals surface area contributed by atoms with Gasteiger partial charge >= 0.3 is 0 Å². The Morgan fingerprint density at radius 2 is 2.15 bits per heavy atom. The van der Waals surface area contributed by atoms with E-state index < -0.39 is 0 Å². The zero-order valence-corrected chi connectivity index (χ0v) is 18.9. The first-order valence-electron chi connectivity index (χ1n) is 11.4. The fourth-order valence-electron chi connectivity index (χ4n) is 4.10. The van der Waals surface area contributed by atoms with Gasteiger partial charge in [0.2, 0.25) is 0 Å². The van der Waals surface area contributed by atoms with Crippen LogP contribution in [0.25, 0.3) is 28.2 Å². The smallest absolute Gasteiger partial charge is 0.182 e. The minimum absolute atomic E-state index is 0.0649. The van der Waals surface area contributed by atoms with Crippen molar-refractivity contribution >= 4 is 10.9 Å². The highest BCUT2D eigenvalue weighted by Gasteiger charge is 2.23. The lowest BCUT2D eigenvalue weighted by molar-refractivity contribution is -0.0365. The third-order valence-corrected chi connectivity index (χ3v) is 5.60. The number of ether oxygens (including phenoxy) is 2. The lowest BCUT2D eigenvalue weighted by Gasteiger charge is -2.23. The van der Waals surface area contributed by atoms with Crippen LogP contribution in [0.1, 0.15) is 44.9 Å². The zero-order valence-electron chi connectivity index (χ0n) is 18.9. The maximum absolute atomic E-state index is 9.19. The number of aliphatic hydroxyl groups is 1. The molecule has 1 atom stereocenters. The van der Waals surface area contributed by atoms with Crippen LogP contribution in [0.3, 0.4) is 0 Å². The fraction of sp³-hybridized carbons (Fsp3) is 0.417. The number of rotatable bonds is 7. The van der Waals surface area contributed by atoms with Crippen LogP contribution in [0.15, 0.2) is 42.9 Å². The van der Waals surface area contributed by atoms with Crippen LogP contribution in [0.4, 0.5) is 0 Å². The summed E-state index contributed by atoms with van der Waals surface area (Å²) in [7, 11) is 0. The summed E-state index contributed by atoms with van der Waals surface area (Å²) >= 11 is 0. The molecular weight excluding hydrogens is 420 g/mol. The summed E-state index contributed by atoms with van der Waals surface area (Å²) in [6, 6.07) is 7.80. The average Bonchev–Trinajstić information content (AvgIpc) is 3.44. The van der Waals surface area contributed by atoms with Gasteiger partial charge in [0.05, 0.1) is 17.8 Å². The number of aliphatic hydroxyl groups excluding tert-OH is 1. The van der Waals surface area contributed by atoms with Crippen molar-refractivity contribution in [3.05, 3.63) is 48.4 Å². The van der Waals surface area contributed by atoms with Crippen molar-refractivity contribution < 1.29 is 14.6 Å². The number of aromatic nitrogens is 6. The van der Waals surface area contributed by atoms with Gasteiger partial charge in [-0.05, 0) is 63.3 Å². The molecule has 0 saturated carbocycles. The summed E-state index contributed by atoms with van der Waals surface area (Å²) in [5, 5.41) is 19.4. The molecule has 1 N–H and O–H groups in total. The number of benzene rings is 1. The predicted molar refractivity (Wildman–Crippen MR) is 123 cm³/mol. The Morgan fingerprint density at radius 3 is 2.94 bits per heavy atom. The van der Waals surface area contributed by atoms with Crippen LogP contribution in [-0.4, -0.2) is 54.0 Å². The van der Waals surface area contributed by atoms with Crippen molar-refractivity contribution in [2.24, 2.45) is 0 Å². The Labute approximate surface area is 192 Å². The quantitative estimate of drug-likeness (QED) is 0.460. The molecule has 3 aromatic heterocycles. The molecule has 1 aliphatic rings. The summed E-state index contributed by atoms with van der Waals surface area (Å²) in [4.78, 5) is 9.28. The summed E-state index contributed by atoms with van der Waals surface area (Å²) < 4.78 is 15.6. The summed E-state index contributed by atoms with van der Waals surface area (Å²) in [5.41, 5.74) is 2.58. The highest BCUT2D eigenvalue weighted by Crippen LogP contribution is 2.34. The Hall–Kier alpha value is -3.30. The zero-order chi connectivity index (χ0) is 22.8. The molecule has 1 aliphatic heterocycles. The average molecular weight is 449 g/mol. The van der Waals surface area contributed by atoms with Gasteiger partial charge in [-0.2, -0.15) is 10.2 Å². The summed E-state index contributed by atoms with van der Waals surface area (Å²) in [6.45, 7) is 4.82. The standard InChI is InChI=1S/C24H28N6O3/c1-16(2)33-18-6-7-20-19(13-18)23(28-30(20)22-5-3-4-12-32-22)24-25-10-8-21(27-24)29-15-17(9-11-31)14-26-29/h6-8,10,13-16,22,31H,3-5,9,11-12H2,1-2H3. The first kappa shape index (κ1) is 21.5. The molecule has 0 aliphatic carbocycles. The van der Waals surface area contributed by atoms with E-state index in [0.717, 1.165) is 48.1 Å². The second kappa shape index (κ2) is 9.29. The van der Waals surface area contributed by atoms with Gasteiger partial charge in [0.25, 0.3) is 0 Å². The molecule has 0 spiro atoms. The molecule has 172 valence electrons. The van der Waals surface area contributed by atoms with Crippen molar-refractivity contribution in [3.63, 3.8) is 0 Å². The molecular formula is C24H28N6O3. The van der Waals surface area contributed by atoms with E-state index in [2.05, 4.69) is 10.1 Å². The minimum atomic E-state index is -0.109. The van der Waals surface area contributed by atoms with Crippen molar-refractivity contribution in [3.8, 4) is 23.1 Å². The van der Waals surface area contributed by atoms with E-state index in [-0.39, 0.29) is 18.9 Å². The van der Waals surface area contributed by atoms with Gasteiger partial charge in [-0.3, -0.25) is 0 Å². The van der Waals surface area contributed by atoms with Gasteiger partial charge in [0.15, 0.2) is 17.9 Å². The first-order chi connectivity index (χ1) is 16.1. The van der Waals surface area contributed by atoms with Gasteiger partial charge in [0, 0.05) is 37.1 Å². The highest BCUT2D eigenvalue weighted by molar-refractivity contribution is 5.92. The molecule has 4 aromatic rings. The van der Waals surface area contributed by atoms with E-state index in [1.165, 1.54) is 0 Å². The largest absolute Gasteiger partial charge is 0.491 e. The predicted octanol–water partition coefficient (Wildman–Crippen LogP) is 3.70. The van der Waals surface area contributed by atoms with E-state index in [1.54, 1.807) is 23.1 Å². The number of hydrogen-bond acceptors (Lipinski definition) is 7. The maximum Gasteiger partial charge on any atom is 0.182 e. The molecule has 4 heterocycles. The van der Waals surface area contributed by atoms with E-state index in [9.17, 15) is 5.11 Å². The second-order valence-electron chi connectivity index (χ2n) is 8.47. The number of fused-ring (bicyclic) bond motifs is 1. The van der Waals surface area contributed by atoms with E-state index in [1.807, 2.05) is 42.9 Å². The number of hydrogen-bond donors (Lipinski definition) is 1. The molecule has 1 aromatic carbocycles. The van der Waals surface area contributed by atoms with Gasteiger partial charge < -0.3 is 14.6 Å². The van der Waals surface area contributed by atoms with Crippen LogP contribution in [0.2, 0.25) is 0 Å². The number of nitrogens with zero attached hydrogens (tertiary/aromatic N) is 6. The van der Waals surface area contributed by atoms with E-state index in [0.29, 0.717) is 23.8 Å². The molecule has 9 heteroatoms. The van der Waals surface area contributed by atoms with Crippen LogP contribution in [0.5, 0.6) is 5.75 Å². The van der Waals surface area contributed by atoms with Gasteiger partial charge in [-0.25, -0.2) is 19.3 Å². The molecule has 0 bridgehead atoms. The molecule has 9 nitrogen and oxygen atoms in total. The van der Waals surface area contributed by atoms with Crippen molar-refractivity contribution in [1.29, 1.82) is 0 Å². The van der Waals surface area contributed by atoms with Crippen molar-refractivity contribution in [2.45, 2.75) is 51.9 Å². The van der Waals surface area contributed by atoms with Gasteiger partial charge in [-0.1, -0.05) is 0 Å². The Morgan fingerprint density at radius 1 is 1.24 bits per heavy atom. The molecule has 33 heavy (non-hydrogen) atoms. The van der Waals surface area contributed by atoms with Crippen LogP contribution in [0, 0.1) is 0 Å². The Bertz CT molecular complexity index is 1240. The highest BCUT2D eigenvalue weighted by atomic mass is 16.5. The lowest BCUT2D eigenvalue weighted by atomic mass is 10.1. The topological polar surface area (TPSA) is 100 Å². The first-order valence-corrected chi connectivity index (χ1v) is 11.4. The maximum atomic E-state index is 9.19. The molecule has 5 rings (SSSR count). The van der Waals surface area contributed by atoms with E-state index in [4.69, 9.17) is 19.6 Å². The molecule has 1 saturated heterocycles. The minimum Gasteiger partial charge on any atom is -0.491 e. The molecule has 0 amide bonds. The normalized spacial score (nSPS) is 16.5. The third kappa shape index (κ3) is 4.46. The van der Waals surface area contributed by atoms with Crippen LogP contribution < -0.4 is 4.74 Å². The molecule has 0 radical (unpaired) electrons. The monoisotopic (exact) mass is 448 g/mol. The van der Waals surface area contributed by atoms with Crippen molar-refractivity contribution in [1.82, 2.24) is 29.5 Å². The SMILES string of the molecule is CC(C)Oc1ccc2c(c1)c(-c1nccc(-n3cc(CCO)cn3)n1)nn2C1CCCCO1. The third-order valence-electron chi connectivity index (χ3n) is 5.60. The second-order valence-corrected chi connectivity index (χ2v) is 8.47. The molecule has 1 unspecified atom stereocenters. The Balaban J connectivity index is 1.60. The Kier molecular flexibility index (Phi) is 6.06. The van der Waals surface area contributed by atoms with E-state index >= 15 is 0 Å². The van der Waals surface area contributed by atoms with Gasteiger partial charge in [0.1, 0.15) is 11.4 Å². The summed E-state index contributed by atoms with van der Waals surface area (Å²) in [6.07, 6.45) is 8.91. The van der Waals surface area contributed by atoms with Crippen molar-refractivity contribution in [2.75, 3.05) is 13.2 Å².